The minimum atomic E-state index is -0.158. The van der Waals surface area contributed by atoms with E-state index in [0.29, 0.717) is 17.8 Å². The number of anilines is 1. The first-order valence-electron chi connectivity index (χ1n) is 5.38. The standard InChI is InChI=1S/C12H19N3O.ClH/c1-12(2,3)5-7-15-11(16)9-8-14-6-4-10(9)13;/h4,6,8H,5,7H2,1-3H3,(H2,13,14)(H,15,16);1H. The predicted molar refractivity (Wildman–Crippen MR) is 72.3 cm³/mol. The normalized spacial score (nSPS) is 10.5. The van der Waals surface area contributed by atoms with E-state index in [9.17, 15) is 4.79 Å². The summed E-state index contributed by atoms with van der Waals surface area (Å²) in [6, 6.07) is 1.62. The molecule has 17 heavy (non-hydrogen) atoms. The first kappa shape index (κ1) is 15.7. The van der Waals surface area contributed by atoms with E-state index in [1.165, 1.54) is 6.20 Å². The van der Waals surface area contributed by atoms with Crippen LogP contribution in [0.5, 0.6) is 0 Å². The Morgan fingerprint density at radius 2 is 2.12 bits per heavy atom. The summed E-state index contributed by atoms with van der Waals surface area (Å²) >= 11 is 0. The zero-order valence-electron chi connectivity index (χ0n) is 10.5. The Balaban J connectivity index is 0.00000256. The van der Waals surface area contributed by atoms with Crippen LogP contribution in [-0.4, -0.2) is 17.4 Å². The third kappa shape index (κ3) is 5.54. The van der Waals surface area contributed by atoms with Crippen LogP contribution in [0.4, 0.5) is 5.69 Å². The molecular weight excluding hydrogens is 238 g/mol. The molecule has 0 bridgehead atoms. The van der Waals surface area contributed by atoms with Crippen molar-refractivity contribution < 1.29 is 4.79 Å². The molecule has 0 saturated heterocycles. The number of carbonyl (C=O) groups excluding carboxylic acids is 1. The fraction of sp³-hybridized carbons (Fsp3) is 0.500. The number of nitrogens with one attached hydrogen (secondary N) is 1. The van der Waals surface area contributed by atoms with Gasteiger partial charge in [-0.1, -0.05) is 20.8 Å². The van der Waals surface area contributed by atoms with Crippen LogP contribution in [0.15, 0.2) is 18.5 Å². The van der Waals surface area contributed by atoms with Gasteiger partial charge in [-0.25, -0.2) is 0 Å². The Labute approximate surface area is 108 Å². The van der Waals surface area contributed by atoms with Crippen LogP contribution in [0.2, 0.25) is 0 Å². The van der Waals surface area contributed by atoms with E-state index in [1.54, 1.807) is 12.3 Å². The van der Waals surface area contributed by atoms with E-state index in [-0.39, 0.29) is 23.7 Å². The second-order valence-corrected chi connectivity index (χ2v) is 5.03. The van der Waals surface area contributed by atoms with E-state index >= 15 is 0 Å². The SMILES string of the molecule is CC(C)(C)CCNC(=O)c1cnccc1N.Cl. The Bertz CT molecular complexity index is 374. The van der Waals surface area contributed by atoms with E-state index in [1.807, 2.05) is 0 Å². The highest BCUT2D eigenvalue weighted by Crippen LogP contribution is 2.17. The van der Waals surface area contributed by atoms with Gasteiger partial charge in [-0.2, -0.15) is 0 Å². The topological polar surface area (TPSA) is 68.0 Å². The van der Waals surface area contributed by atoms with Crippen molar-refractivity contribution in [3.05, 3.63) is 24.0 Å². The molecule has 0 aliphatic heterocycles. The molecule has 1 rings (SSSR count). The van der Waals surface area contributed by atoms with Crippen LogP contribution in [-0.2, 0) is 0 Å². The van der Waals surface area contributed by atoms with Gasteiger partial charge in [-0.05, 0) is 17.9 Å². The molecule has 1 heterocycles. The van der Waals surface area contributed by atoms with Crippen molar-refractivity contribution >= 4 is 24.0 Å². The second kappa shape index (κ2) is 6.45. The number of aromatic nitrogens is 1. The van der Waals surface area contributed by atoms with Crippen LogP contribution >= 0.6 is 12.4 Å². The highest BCUT2D eigenvalue weighted by Gasteiger charge is 2.12. The lowest BCUT2D eigenvalue weighted by Gasteiger charge is -2.18. The van der Waals surface area contributed by atoms with Crippen molar-refractivity contribution in [3.8, 4) is 0 Å². The third-order valence-electron chi connectivity index (χ3n) is 2.26. The van der Waals surface area contributed by atoms with Crippen LogP contribution in [0.25, 0.3) is 0 Å². The molecule has 1 aromatic heterocycles. The number of rotatable bonds is 3. The van der Waals surface area contributed by atoms with Crippen LogP contribution in [0.1, 0.15) is 37.6 Å². The zero-order valence-corrected chi connectivity index (χ0v) is 11.3. The summed E-state index contributed by atoms with van der Waals surface area (Å²) in [4.78, 5) is 15.6. The number of nitrogens with zero attached hydrogens (tertiary/aromatic N) is 1. The van der Waals surface area contributed by atoms with E-state index in [2.05, 4.69) is 31.1 Å². The minimum Gasteiger partial charge on any atom is -0.398 e. The first-order valence-corrected chi connectivity index (χ1v) is 5.38. The maximum absolute atomic E-state index is 11.7. The van der Waals surface area contributed by atoms with Crippen molar-refractivity contribution in [3.63, 3.8) is 0 Å². The monoisotopic (exact) mass is 257 g/mol. The van der Waals surface area contributed by atoms with Crippen molar-refractivity contribution in [2.24, 2.45) is 5.41 Å². The highest BCUT2D eigenvalue weighted by atomic mass is 35.5. The number of nitrogen functional groups attached to an aromatic ring is 1. The number of pyridine rings is 1. The Morgan fingerprint density at radius 1 is 1.47 bits per heavy atom. The molecular formula is C12H20ClN3O. The molecule has 0 saturated carbocycles. The molecule has 0 unspecified atom stereocenters. The molecule has 0 spiro atoms. The number of hydrogen-bond donors (Lipinski definition) is 2. The molecule has 96 valence electrons. The van der Waals surface area contributed by atoms with Gasteiger partial charge in [0.1, 0.15) is 0 Å². The molecule has 0 fully saturated rings. The highest BCUT2D eigenvalue weighted by molar-refractivity contribution is 5.98. The Kier molecular flexibility index (Phi) is 5.96. The van der Waals surface area contributed by atoms with Crippen LogP contribution < -0.4 is 11.1 Å². The summed E-state index contributed by atoms with van der Waals surface area (Å²) in [5, 5.41) is 2.84. The van der Waals surface area contributed by atoms with Crippen LogP contribution in [0, 0.1) is 5.41 Å². The zero-order chi connectivity index (χ0) is 12.2. The maximum Gasteiger partial charge on any atom is 0.254 e. The Morgan fingerprint density at radius 3 is 2.65 bits per heavy atom. The molecule has 3 N–H and O–H groups in total. The molecule has 1 aromatic rings. The lowest BCUT2D eigenvalue weighted by Crippen LogP contribution is -2.28. The predicted octanol–water partition coefficient (Wildman–Crippen LogP) is 2.25. The molecule has 0 radical (unpaired) electrons. The van der Waals surface area contributed by atoms with Gasteiger partial charge >= 0.3 is 0 Å². The van der Waals surface area contributed by atoms with Crippen LogP contribution in [0.3, 0.4) is 0 Å². The summed E-state index contributed by atoms with van der Waals surface area (Å²) in [6.07, 6.45) is 3.99. The second-order valence-electron chi connectivity index (χ2n) is 5.03. The molecule has 0 aliphatic rings. The number of nitrogens with two attached hydrogens (primary N) is 1. The quantitative estimate of drug-likeness (QED) is 0.873. The van der Waals surface area contributed by atoms with Crippen molar-refractivity contribution in [1.82, 2.24) is 10.3 Å². The minimum absolute atomic E-state index is 0. The molecule has 4 nitrogen and oxygen atoms in total. The van der Waals surface area contributed by atoms with E-state index in [4.69, 9.17) is 5.73 Å². The van der Waals surface area contributed by atoms with Crippen molar-refractivity contribution in [2.75, 3.05) is 12.3 Å². The van der Waals surface area contributed by atoms with Gasteiger partial charge in [0.2, 0.25) is 0 Å². The van der Waals surface area contributed by atoms with Gasteiger partial charge in [0.25, 0.3) is 5.91 Å². The first-order chi connectivity index (χ1) is 7.40. The molecule has 1 amide bonds. The number of amides is 1. The summed E-state index contributed by atoms with van der Waals surface area (Å²) < 4.78 is 0. The largest absolute Gasteiger partial charge is 0.398 e. The molecule has 5 heteroatoms. The van der Waals surface area contributed by atoms with Crippen molar-refractivity contribution in [1.29, 1.82) is 0 Å². The molecule has 0 aliphatic carbocycles. The number of halogens is 1. The number of hydrogen-bond acceptors (Lipinski definition) is 3. The van der Waals surface area contributed by atoms with Crippen molar-refractivity contribution in [2.45, 2.75) is 27.2 Å². The van der Waals surface area contributed by atoms with Gasteiger partial charge in [0.05, 0.1) is 5.56 Å². The lowest BCUT2D eigenvalue weighted by atomic mass is 9.92. The smallest absolute Gasteiger partial charge is 0.254 e. The number of carbonyl (C=O) groups is 1. The van der Waals surface area contributed by atoms with Gasteiger partial charge in [-0.3, -0.25) is 9.78 Å². The third-order valence-corrected chi connectivity index (χ3v) is 2.26. The van der Waals surface area contributed by atoms with E-state index < -0.39 is 0 Å². The van der Waals surface area contributed by atoms with Gasteiger partial charge < -0.3 is 11.1 Å². The fourth-order valence-corrected chi connectivity index (χ4v) is 1.24. The van der Waals surface area contributed by atoms with Gasteiger partial charge in [0, 0.05) is 24.6 Å². The summed E-state index contributed by atoms with van der Waals surface area (Å²) in [5.41, 5.74) is 6.80. The molecule has 0 atom stereocenters. The van der Waals surface area contributed by atoms with Gasteiger partial charge in [-0.15, -0.1) is 12.4 Å². The van der Waals surface area contributed by atoms with E-state index in [0.717, 1.165) is 6.42 Å². The lowest BCUT2D eigenvalue weighted by molar-refractivity contribution is 0.0950. The fourth-order valence-electron chi connectivity index (χ4n) is 1.24. The summed E-state index contributed by atoms with van der Waals surface area (Å²) in [6.45, 7) is 7.06. The van der Waals surface area contributed by atoms with Gasteiger partial charge in [0.15, 0.2) is 0 Å². The maximum atomic E-state index is 11.7. The Hall–Kier alpha value is -1.29. The molecule has 0 aromatic carbocycles. The average Bonchev–Trinajstić information content (AvgIpc) is 2.16. The average molecular weight is 258 g/mol. The summed E-state index contributed by atoms with van der Waals surface area (Å²) in [7, 11) is 0. The summed E-state index contributed by atoms with van der Waals surface area (Å²) in [5.74, 6) is -0.158.